The standard InChI is InChI=1S/C13H21N3O2/c1-10-4-3-6-16(7-5-10)9-12-11(13(17)18)8-14-15(12)2/h8,10H,3-7,9H2,1-2H3,(H,17,18). The Morgan fingerprint density at radius 2 is 2.28 bits per heavy atom. The fourth-order valence-corrected chi connectivity index (χ4v) is 2.52. The molecule has 0 radical (unpaired) electrons. The molecule has 1 aliphatic heterocycles. The van der Waals surface area contributed by atoms with Gasteiger partial charge in [-0.15, -0.1) is 0 Å². The number of hydrogen-bond acceptors (Lipinski definition) is 3. The fourth-order valence-electron chi connectivity index (χ4n) is 2.52. The lowest BCUT2D eigenvalue weighted by molar-refractivity contribution is 0.0694. The van der Waals surface area contributed by atoms with Crippen LogP contribution in [0.5, 0.6) is 0 Å². The summed E-state index contributed by atoms with van der Waals surface area (Å²) in [4.78, 5) is 13.5. The van der Waals surface area contributed by atoms with Crippen LogP contribution in [0.1, 0.15) is 42.2 Å². The van der Waals surface area contributed by atoms with Crippen LogP contribution < -0.4 is 0 Å². The number of rotatable bonds is 3. The van der Waals surface area contributed by atoms with Gasteiger partial charge >= 0.3 is 5.97 Å². The highest BCUT2D eigenvalue weighted by Gasteiger charge is 2.19. The molecule has 18 heavy (non-hydrogen) atoms. The van der Waals surface area contributed by atoms with E-state index in [9.17, 15) is 4.79 Å². The summed E-state index contributed by atoms with van der Waals surface area (Å²) >= 11 is 0. The van der Waals surface area contributed by atoms with E-state index in [2.05, 4.69) is 16.9 Å². The van der Waals surface area contributed by atoms with Gasteiger partial charge in [-0.05, 0) is 38.3 Å². The summed E-state index contributed by atoms with van der Waals surface area (Å²) in [5, 5.41) is 13.2. The average molecular weight is 251 g/mol. The van der Waals surface area contributed by atoms with Gasteiger partial charge in [-0.3, -0.25) is 9.58 Å². The van der Waals surface area contributed by atoms with Crippen LogP contribution in [-0.2, 0) is 13.6 Å². The zero-order chi connectivity index (χ0) is 13.1. The lowest BCUT2D eigenvalue weighted by Crippen LogP contribution is -2.26. The number of nitrogens with zero attached hydrogens (tertiary/aromatic N) is 3. The van der Waals surface area contributed by atoms with Gasteiger partial charge in [-0.2, -0.15) is 5.10 Å². The molecule has 100 valence electrons. The van der Waals surface area contributed by atoms with E-state index >= 15 is 0 Å². The van der Waals surface area contributed by atoms with E-state index in [1.165, 1.54) is 25.5 Å². The van der Waals surface area contributed by atoms with Gasteiger partial charge in [-0.25, -0.2) is 4.79 Å². The molecule has 2 heterocycles. The Hall–Kier alpha value is -1.36. The second-order valence-electron chi connectivity index (χ2n) is 5.25. The molecule has 0 saturated carbocycles. The quantitative estimate of drug-likeness (QED) is 0.889. The first-order chi connectivity index (χ1) is 8.58. The monoisotopic (exact) mass is 251 g/mol. The maximum absolute atomic E-state index is 11.1. The molecule has 0 amide bonds. The maximum Gasteiger partial charge on any atom is 0.339 e. The number of carboxylic acid groups (broad SMARTS) is 1. The molecule has 2 rings (SSSR count). The molecular weight excluding hydrogens is 230 g/mol. The summed E-state index contributed by atoms with van der Waals surface area (Å²) in [5.74, 6) is -0.109. The molecule has 0 bridgehead atoms. The van der Waals surface area contributed by atoms with E-state index < -0.39 is 5.97 Å². The summed E-state index contributed by atoms with van der Waals surface area (Å²) in [6.07, 6.45) is 5.10. The van der Waals surface area contributed by atoms with Crippen LogP contribution in [0.15, 0.2) is 6.20 Å². The molecule has 5 nitrogen and oxygen atoms in total. The molecule has 1 saturated heterocycles. The number of aromatic nitrogens is 2. The molecule has 0 aromatic carbocycles. The van der Waals surface area contributed by atoms with Crippen molar-refractivity contribution in [2.45, 2.75) is 32.7 Å². The van der Waals surface area contributed by atoms with Crippen molar-refractivity contribution in [3.05, 3.63) is 17.5 Å². The van der Waals surface area contributed by atoms with Gasteiger partial charge in [0.2, 0.25) is 0 Å². The summed E-state index contributed by atoms with van der Waals surface area (Å²) in [6.45, 7) is 5.07. The van der Waals surface area contributed by atoms with Gasteiger partial charge in [0.1, 0.15) is 5.56 Å². The Morgan fingerprint density at radius 3 is 3.00 bits per heavy atom. The molecule has 1 aliphatic rings. The first-order valence-corrected chi connectivity index (χ1v) is 6.54. The number of aromatic carboxylic acids is 1. The van der Waals surface area contributed by atoms with Crippen molar-refractivity contribution < 1.29 is 9.90 Å². The molecule has 1 aromatic rings. The predicted molar refractivity (Wildman–Crippen MR) is 68.5 cm³/mol. The third-order valence-electron chi connectivity index (χ3n) is 3.77. The largest absolute Gasteiger partial charge is 0.478 e. The highest BCUT2D eigenvalue weighted by Crippen LogP contribution is 2.19. The van der Waals surface area contributed by atoms with Crippen molar-refractivity contribution in [1.29, 1.82) is 0 Å². The van der Waals surface area contributed by atoms with Crippen molar-refractivity contribution in [3.63, 3.8) is 0 Å². The Bertz CT molecular complexity index is 428. The van der Waals surface area contributed by atoms with E-state index in [0.29, 0.717) is 12.1 Å². The first kappa shape index (κ1) is 13.1. The molecule has 1 fully saturated rings. The fraction of sp³-hybridized carbons (Fsp3) is 0.692. The van der Waals surface area contributed by atoms with Crippen LogP contribution in [-0.4, -0.2) is 38.8 Å². The molecule has 1 atom stereocenters. The Balaban J connectivity index is 2.08. The van der Waals surface area contributed by atoms with Crippen LogP contribution in [0.25, 0.3) is 0 Å². The van der Waals surface area contributed by atoms with Crippen molar-refractivity contribution in [2.24, 2.45) is 13.0 Å². The van der Waals surface area contributed by atoms with Crippen molar-refractivity contribution in [1.82, 2.24) is 14.7 Å². The summed E-state index contributed by atoms with van der Waals surface area (Å²) in [6, 6.07) is 0. The third kappa shape index (κ3) is 2.90. The molecule has 0 aliphatic carbocycles. The van der Waals surface area contributed by atoms with E-state index in [4.69, 9.17) is 5.11 Å². The lowest BCUT2D eigenvalue weighted by Gasteiger charge is -2.20. The maximum atomic E-state index is 11.1. The van der Waals surface area contributed by atoms with E-state index in [1.807, 2.05) is 7.05 Å². The van der Waals surface area contributed by atoms with E-state index in [-0.39, 0.29) is 0 Å². The normalized spacial score (nSPS) is 21.8. The molecule has 5 heteroatoms. The number of aryl methyl sites for hydroxylation is 1. The smallest absolute Gasteiger partial charge is 0.339 e. The van der Waals surface area contributed by atoms with Crippen LogP contribution in [0.4, 0.5) is 0 Å². The van der Waals surface area contributed by atoms with Crippen molar-refractivity contribution >= 4 is 5.97 Å². The minimum absolute atomic E-state index is 0.329. The summed E-state index contributed by atoms with van der Waals surface area (Å²) in [7, 11) is 1.81. The summed E-state index contributed by atoms with van der Waals surface area (Å²) in [5.41, 5.74) is 1.13. The Labute approximate surface area is 107 Å². The molecule has 0 spiro atoms. The minimum atomic E-state index is -0.888. The third-order valence-corrected chi connectivity index (χ3v) is 3.77. The van der Waals surface area contributed by atoms with Gasteiger partial charge < -0.3 is 5.11 Å². The zero-order valence-electron chi connectivity index (χ0n) is 11.1. The van der Waals surface area contributed by atoms with Gasteiger partial charge in [-0.1, -0.05) is 6.92 Å². The molecule has 1 unspecified atom stereocenters. The Kier molecular flexibility index (Phi) is 4.01. The molecule has 1 aromatic heterocycles. The number of likely N-dealkylation sites (tertiary alicyclic amines) is 1. The van der Waals surface area contributed by atoms with Crippen LogP contribution in [0, 0.1) is 5.92 Å². The van der Waals surface area contributed by atoms with Gasteiger partial charge in [0, 0.05) is 13.6 Å². The second kappa shape index (κ2) is 5.52. The van der Waals surface area contributed by atoms with Gasteiger partial charge in [0.25, 0.3) is 0 Å². The highest BCUT2D eigenvalue weighted by atomic mass is 16.4. The summed E-state index contributed by atoms with van der Waals surface area (Å²) < 4.78 is 1.68. The topological polar surface area (TPSA) is 58.4 Å². The SMILES string of the molecule is CC1CCCN(Cc2c(C(=O)O)cnn2C)CC1. The minimum Gasteiger partial charge on any atom is -0.478 e. The number of carboxylic acids is 1. The van der Waals surface area contributed by atoms with Crippen LogP contribution >= 0.6 is 0 Å². The lowest BCUT2D eigenvalue weighted by atomic mass is 10.0. The van der Waals surface area contributed by atoms with Gasteiger partial charge in [0.15, 0.2) is 0 Å². The van der Waals surface area contributed by atoms with Crippen LogP contribution in [0.2, 0.25) is 0 Å². The van der Waals surface area contributed by atoms with Gasteiger partial charge in [0.05, 0.1) is 11.9 Å². The van der Waals surface area contributed by atoms with Crippen molar-refractivity contribution in [2.75, 3.05) is 13.1 Å². The van der Waals surface area contributed by atoms with Crippen molar-refractivity contribution in [3.8, 4) is 0 Å². The highest BCUT2D eigenvalue weighted by molar-refractivity contribution is 5.88. The number of carbonyl (C=O) groups is 1. The first-order valence-electron chi connectivity index (χ1n) is 6.54. The molecule has 1 N–H and O–H groups in total. The molecular formula is C13H21N3O2. The average Bonchev–Trinajstić information content (AvgIpc) is 2.54. The van der Waals surface area contributed by atoms with Crippen LogP contribution in [0.3, 0.4) is 0 Å². The number of hydrogen-bond donors (Lipinski definition) is 1. The van der Waals surface area contributed by atoms with E-state index in [0.717, 1.165) is 24.7 Å². The zero-order valence-corrected chi connectivity index (χ0v) is 11.1. The predicted octanol–water partition coefficient (Wildman–Crippen LogP) is 1.74. The van der Waals surface area contributed by atoms with E-state index in [1.54, 1.807) is 4.68 Å². The second-order valence-corrected chi connectivity index (χ2v) is 5.25. The Morgan fingerprint density at radius 1 is 1.50 bits per heavy atom.